The van der Waals surface area contributed by atoms with E-state index in [9.17, 15) is 13.2 Å². The number of nitrogens with zero attached hydrogens (tertiary/aromatic N) is 4. The molecule has 6 nitrogen and oxygen atoms in total. The molecule has 0 unspecified atom stereocenters. The zero-order valence-corrected chi connectivity index (χ0v) is 17.4. The third-order valence-electron chi connectivity index (χ3n) is 5.09. The molecule has 0 saturated heterocycles. The molecule has 0 aliphatic heterocycles. The lowest BCUT2D eigenvalue weighted by Gasteiger charge is -2.08. The van der Waals surface area contributed by atoms with Crippen molar-refractivity contribution in [1.29, 1.82) is 0 Å². The summed E-state index contributed by atoms with van der Waals surface area (Å²) < 4.78 is 48.3. The molecule has 0 radical (unpaired) electrons. The van der Waals surface area contributed by atoms with E-state index >= 15 is 0 Å². The Hall–Kier alpha value is -4.14. The van der Waals surface area contributed by atoms with E-state index < -0.39 is 6.36 Å². The molecule has 0 bridgehead atoms. The summed E-state index contributed by atoms with van der Waals surface area (Å²) in [6, 6.07) is 21.2. The average molecular weight is 450 g/mol. The van der Waals surface area contributed by atoms with Gasteiger partial charge in [-0.15, -0.1) is 13.2 Å². The number of alkyl halides is 3. The Bertz CT molecular complexity index is 1400. The normalized spacial score (nSPS) is 11.8. The minimum Gasteiger partial charge on any atom is -0.406 e. The molecule has 33 heavy (non-hydrogen) atoms. The number of aryl methyl sites for hydroxylation is 1. The fourth-order valence-electron chi connectivity index (χ4n) is 3.51. The molecular formula is C24H17F3N4O2. The van der Waals surface area contributed by atoms with Crippen molar-refractivity contribution in [1.82, 2.24) is 19.9 Å². The van der Waals surface area contributed by atoms with E-state index in [2.05, 4.69) is 39.1 Å². The Balaban J connectivity index is 1.46. The molecule has 0 amide bonds. The Morgan fingerprint density at radius 2 is 1.67 bits per heavy atom. The number of benzene rings is 3. The first-order chi connectivity index (χ1) is 15.9. The van der Waals surface area contributed by atoms with Crippen LogP contribution < -0.4 is 4.74 Å². The minimum absolute atomic E-state index is 0.222. The van der Waals surface area contributed by atoms with Gasteiger partial charge < -0.3 is 9.26 Å². The number of fused-ring (bicyclic) bond motifs is 1. The van der Waals surface area contributed by atoms with Crippen LogP contribution in [0.1, 0.15) is 11.1 Å². The lowest BCUT2D eigenvalue weighted by Crippen LogP contribution is -2.16. The highest BCUT2D eigenvalue weighted by atomic mass is 19.4. The fraction of sp³-hybridized carbons (Fsp3) is 0.125. The van der Waals surface area contributed by atoms with E-state index in [4.69, 9.17) is 9.62 Å². The van der Waals surface area contributed by atoms with Crippen molar-refractivity contribution in [3.8, 4) is 28.7 Å². The van der Waals surface area contributed by atoms with Crippen LogP contribution >= 0.6 is 0 Å². The van der Waals surface area contributed by atoms with E-state index in [0.29, 0.717) is 17.8 Å². The van der Waals surface area contributed by atoms with Crippen LogP contribution in [0.15, 0.2) is 77.3 Å². The number of aromatic nitrogens is 4. The summed E-state index contributed by atoms with van der Waals surface area (Å²) in [5.41, 5.74) is 4.23. The fourth-order valence-corrected chi connectivity index (χ4v) is 3.51. The van der Waals surface area contributed by atoms with Gasteiger partial charge in [0, 0.05) is 10.9 Å². The summed E-state index contributed by atoms with van der Waals surface area (Å²) in [6.45, 7) is 2.61. The first-order valence-electron chi connectivity index (χ1n) is 10.1. The van der Waals surface area contributed by atoms with Gasteiger partial charge >= 0.3 is 6.36 Å². The van der Waals surface area contributed by atoms with Crippen molar-refractivity contribution in [2.45, 2.75) is 19.8 Å². The van der Waals surface area contributed by atoms with Gasteiger partial charge in [-0.05, 0) is 42.8 Å². The third kappa shape index (κ3) is 4.43. The van der Waals surface area contributed by atoms with Crippen LogP contribution in [-0.4, -0.2) is 26.3 Å². The van der Waals surface area contributed by atoms with Crippen LogP contribution in [0.2, 0.25) is 0 Å². The minimum atomic E-state index is -4.75. The van der Waals surface area contributed by atoms with Gasteiger partial charge in [-0.1, -0.05) is 53.2 Å². The maximum absolute atomic E-state index is 12.4. The van der Waals surface area contributed by atoms with Gasteiger partial charge in [0.25, 0.3) is 5.89 Å². The molecule has 0 aliphatic rings. The molecule has 2 aromatic heterocycles. The molecule has 0 fully saturated rings. The van der Waals surface area contributed by atoms with Crippen LogP contribution in [0.4, 0.5) is 13.2 Å². The maximum Gasteiger partial charge on any atom is 0.573 e. The Labute approximate surface area is 186 Å². The predicted octanol–water partition coefficient (Wildman–Crippen LogP) is 6.01. The molecule has 0 N–H and O–H groups in total. The zero-order valence-electron chi connectivity index (χ0n) is 17.4. The van der Waals surface area contributed by atoms with Gasteiger partial charge in [0.15, 0.2) is 5.69 Å². The molecule has 3 aromatic carbocycles. The summed E-state index contributed by atoms with van der Waals surface area (Å²) in [4.78, 5) is 4.42. The van der Waals surface area contributed by atoms with E-state index in [0.717, 1.165) is 16.5 Å². The van der Waals surface area contributed by atoms with Crippen molar-refractivity contribution < 1.29 is 22.4 Å². The summed E-state index contributed by atoms with van der Waals surface area (Å²) in [6.07, 6.45) is -4.75. The first-order valence-corrected chi connectivity index (χ1v) is 10.1. The molecule has 0 atom stereocenters. The third-order valence-corrected chi connectivity index (χ3v) is 5.09. The van der Waals surface area contributed by atoms with E-state index in [1.165, 1.54) is 29.8 Å². The highest BCUT2D eigenvalue weighted by molar-refractivity contribution is 5.91. The van der Waals surface area contributed by atoms with Crippen LogP contribution in [0.5, 0.6) is 5.75 Å². The van der Waals surface area contributed by atoms with Crippen LogP contribution in [0.25, 0.3) is 33.9 Å². The highest BCUT2D eigenvalue weighted by Gasteiger charge is 2.31. The largest absolute Gasteiger partial charge is 0.573 e. The van der Waals surface area contributed by atoms with Crippen LogP contribution in [0.3, 0.4) is 0 Å². The smallest absolute Gasteiger partial charge is 0.406 e. The van der Waals surface area contributed by atoms with E-state index in [1.54, 1.807) is 0 Å². The van der Waals surface area contributed by atoms with Crippen LogP contribution in [0, 0.1) is 6.92 Å². The van der Waals surface area contributed by atoms with Gasteiger partial charge in [0.05, 0.1) is 12.1 Å². The second kappa shape index (κ2) is 8.09. The molecule has 0 aliphatic carbocycles. The van der Waals surface area contributed by atoms with Crippen molar-refractivity contribution in [2.24, 2.45) is 0 Å². The summed E-state index contributed by atoms with van der Waals surface area (Å²) in [7, 11) is 0. The van der Waals surface area contributed by atoms with E-state index in [1.807, 2.05) is 35.9 Å². The van der Waals surface area contributed by atoms with Crippen LogP contribution in [-0.2, 0) is 6.54 Å². The van der Waals surface area contributed by atoms with Crippen molar-refractivity contribution in [3.63, 3.8) is 0 Å². The number of hydrogen-bond donors (Lipinski definition) is 0. The number of rotatable bonds is 5. The zero-order chi connectivity index (χ0) is 23.0. The molecule has 5 rings (SSSR count). The number of ether oxygens (including phenoxy) is 1. The molecule has 0 saturated carbocycles. The van der Waals surface area contributed by atoms with Crippen molar-refractivity contribution in [3.05, 3.63) is 83.9 Å². The monoisotopic (exact) mass is 450 g/mol. The number of para-hydroxylation sites is 1. The maximum atomic E-state index is 12.4. The second-order valence-corrected chi connectivity index (χ2v) is 7.50. The Kier molecular flexibility index (Phi) is 5.08. The molecule has 166 valence electrons. The molecule has 9 heteroatoms. The Morgan fingerprint density at radius 3 is 2.39 bits per heavy atom. The predicted molar refractivity (Wildman–Crippen MR) is 115 cm³/mol. The average Bonchev–Trinajstić information content (AvgIpc) is 3.40. The lowest BCUT2D eigenvalue weighted by molar-refractivity contribution is -0.274. The summed E-state index contributed by atoms with van der Waals surface area (Å²) in [5.74, 6) is 0.135. The Morgan fingerprint density at radius 1 is 0.939 bits per heavy atom. The van der Waals surface area contributed by atoms with Crippen molar-refractivity contribution in [2.75, 3.05) is 0 Å². The van der Waals surface area contributed by atoms with Gasteiger partial charge in [-0.2, -0.15) is 10.1 Å². The topological polar surface area (TPSA) is 66.0 Å². The number of hydrogen-bond acceptors (Lipinski definition) is 5. The van der Waals surface area contributed by atoms with Gasteiger partial charge in [-0.25, -0.2) is 0 Å². The summed E-state index contributed by atoms with van der Waals surface area (Å²) >= 11 is 0. The van der Waals surface area contributed by atoms with Crippen molar-refractivity contribution >= 4 is 10.9 Å². The standard InChI is InChI=1S/C24H17F3N4O2/c1-15-6-8-16(9-7-15)14-31-20-5-3-2-4-19(20)21(29-31)23-28-22(30-33-23)17-10-12-18(13-11-17)32-24(25,26)27/h2-13H,14H2,1H3. The molecular weight excluding hydrogens is 433 g/mol. The lowest BCUT2D eigenvalue weighted by atomic mass is 10.1. The van der Waals surface area contributed by atoms with Gasteiger partial charge in [0.1, 0.15) is 5.75 Å². The van der Waals surface area contributed by atoms with Gasteiger partial charge in [-0.3, -0.25) is 4.68 Å². The summed E-state index contributed by atoms with van der Waals surface area (Å²) in [5, 5.41) is 9.55. The quantitative estimate of drug-likeness (QED) is 0.328. The van der Waals surface area contributed by atoms with Gasteiger partial charge in [0.2, 0.25) is 5.82 Å². The highest BCUT2D eigenvalue weighted by Crippen LogP contribution is 2.30. The second-order valence-electron chi connectivity index (χ2n) is 7.50. The SMILES string of the molecule is Cc1ccc(Cn2nc(-c3nc(-c4ccc(OC(F)(F)F)cc4)no3)c3ccccc32)cc1. The molecule has 5 aromatic rings. The number of halogens is 3. The van der Waals surface area contributed by atoms with E-state index in [-0.39, 0.29) is 17.5 Å². The molecule has 2 heterocycles. The molecule has 0 spiro atoms. The first kappa shape index (κ1) is 20.7.